The molecule has 1 rings (SSSR count). The van der Waals surface area contributed by atoms with Gasteiger partial charge in [-0.3, -0.25) is 0 Å². The van der Waals surface area contributed by atoms with Crippen LogP contribution in [0.2, 0.25) is 0 Å². The Morgan fingerprint density at radius 1 is 1.29 bits per heavy atom. The van der Waals surface area contributed by atoms with E-state index in [1.54, 1.807) is 7.11 Å². The van der Waals surface area contributed by atoms with Crippen LogP contribution in [0.15, 0.2) is 22.7 Å². The number of halogens is 1. The van der Waals surface area contributed by atoms with Crippen molar-refractivity contribution >= 4 is 15.9 Å². The van der Waals surface area contributed by atoms with Gasteiger partial charge in [0.15, 0.2) is 0 Å². The predicted octanol–water partition coefficient (Wildman–Crippen LogP) is 3.65. The van der Waals surface area contributed by atoms with Crippen molar-refractivity contribution in [3.63, 3.8) is 0 Å². The Kier molecular flexibility index (Phi) is 5.47. The molecule has 0 bridgehead atoms. The van der Waals surface area contributed by atoms with Gasteiger partial charge in [0.25, 0.3) is 0 Å². The van der Waals surface area contributed by atoms with E-state index in [0.29, 0.717) is 12.3 Å². The van der Waals surface area contributed by atoms with Crippen LogP contribution in [0.1, 0.15) is 26.3 Å². The molecule has 0 heterocycles. The van der Waals surface area contributed by atoms with Gasteiger partial charge in [-0.05, 0) is 42.0 Å². The Morgan fingerprint density at radius 2 is 1.94 bits per heavy atom. The molecule has 0 radical (unpaired) electrons. The third-order valence-corrected chi connectivity index (χ3v) is 4.11. The second-order valence-corrected chi connectivity index (χ2v) is 5.69. The van der Waals surface area contributed by atoms with E-state index in [1.165, 1.54) is 0 Å². The summed E-state index contributed by atoms with van der Waals surface area (Å²) >= 11 is 3.51. The molecule has 0 amide bonds. The van der Waals surface area contributed by atoms with E-state index in [2.05, 4.69) is 36.7 Å². The number of hydrogen-bond acceptors (Lipinski definition) is 2. The number of rotatable bonds is 5. The largest absolute Gasteiger partial charge is 0.497 e. The van der Waals surface area contributed by atoms with Gasteiger partial charge in [0.2, 0.25) is 0 Å². The summed E-state index contributed by atoms with van der Waals surface area (Å²) in [6.45, 7) is 6.35. The zero-order chi connectivity index (χ0) is 13.0. The number of aliphatic hydroxyl groups is 1. The number of methoxy groups -OCH3 is 1. The fraction of sp³-hybridized carbons (Fsp3) is 0.571. The van der Waals surface area contributed by atoms with E-state index in [4.69, 9.17) is 4.74 Å². The van der Waals surface area contributed by atoms with E-state index >= 15 is 0 Å². The fourth-order valence-electron chi connectivity index (χ4n) is 1.69. The van der Waals surface area contributed by atoms with Crippen LogP contribution >= 0.6 is 15.9 Å². The summed E-state index contributed by atoms with van der Waals surface area (Å²) in [4.78, 5) is 0. The van der Waals surface area contributed by atoms with E-state index in [-0.39, 0.29) is 12.0 Å². The second-order valence-electron chi connectivity index (χ2n) is 4.83. The minimum atomic E-state index is -0.321. The van der Waals surface area contributed by atoms with E-state index in [1.807, 2.05) is 18.2 Å². The summed E-state index contributed by atoms with van der Waals surface area (Å²) < 4.78 is 6.22. The standard InChI is InChI=1S/C14H21BrO2/c1-9(2)10(3)14(16)8-11-7-12(17-4)5-6-13(11)15/h5-7,9-10,14,16H,8H2,1-4H3. The molecule has 3 heteroatoms. The molecule has 0 fully saturated rings. The first-order valence-corrected chi connectivity index (χ1v) is 6.75. The van der Waals surface area contributed by atoms with Crippen molar-refractivity contribution in [1.82, 2.24) is 0 Å². The molecular formula is C14H21BrO2. The van der Waals surface area contributed by atoms with E-state index in [9.17, 15) is 5.11 Å². The second kappa shape index (κ2) is 6.41. The summed E-state index contributed by atoms with van der Waals surface area (Å²) in [5.41, 5.74) is 1.09. The molecule has 2 atom stereocenters. The molecule has 1 aromatic rings. The Hall–Kier alpha value is -0.540. The summed E-state index contributed by atoms with van der Waals surface area (Å²) in [5, 5.41) is 10.2. The van der Waals surface area contributed by atoms with Gasteiger partial charge in [-0.1, -0.05) is 36.7 Å². The number of aliphatic hydroxyl groups excluding tert-OH is 1. The van der Waals surface area contributed by atoms with Gasteiger partial charge >= 0.3 is 0 Å². The molecule has 96 valence electrons. The van der Waals surface area contributed by atoms with Crippen LogP contribution in [-0.4, -0.2) is 18.3 Å². The minimum absolute atomic E-state index is 0.285. The monoisotopic (exact) mass is 300 g/mol. The average molecular weight is 301 g/mol. The van der Waals surface area contributed by atoms with Crippen molar-refractivity contribution in [2.75, 3.05) is 7.11 Å². The van der Waals surface area contributed by atoms with Crippen molar-refractivity contribution in [3.05, 3.63) is 28.2 Å². The zero-order valence-corrected chi connectivity index (χ0v) is 12.5. The van der Waals surface area contributed by atoms with Gasteiger partial charge in [0, 0.05) is 4.47 Å². The first-order valence-electron chi connectivity index (χ1n) is 5.96. The molecule has 2 unspecified atom stereocenters. The average Bonchev–Trinajstić information content (AvgIpc) is 2.30. The summed E-state index contributed by atoms with van der Waals surface area (Å²) in [5.74, 6) is 1.59. The third-order valence-electron chi connectivity index (χ3n) is 3.34. The van der Waals surface area contributed by atoms with Crippen LogP contribution < -0.4 is 4.74 Å². The highest BCUT2D eigenvalue weighted by Crippen LogP contribution is 2.26. The normalized spacial score (nSPS) is 14.8. The summed E-state index contributed by atoms with van der Waals surface area (Å²) in [6, 6.07) is 5.84. The number of ether oxygens (including phenoxy) is 1. The van der Waals surface area contributed by atoms with Crippen LogP contribution in [0.3, 0.4) is 0 Å². The molecular weight excluding hydrogens is 280 g/mol. The molecule has 17 heavy (non-hydrogen) atoms. The Balaban J connectivity index is 2.80. The maximum atomic E-state index is 10.2. The highest BCUT2D eigenvalue weighted by Gasteiger charge is 2.19. The number of hydrogen-bond donors (Lipinski definition) is 1. The molecule has 0 aliphatic heterocycles. The van der Waals surface area contributed by atoms with Crippen LogP contribution in [-0.2, 0) is 6.42 Å². The third kappa shape index (κ3) is 4.00. The molecule has 1 aromatic carbocycles. The Bertz CT molecular complexity index is 363. The SMILES string of the molecule is COc1ccc(Br)c(CC(O)C(C)C(C)C)c1. The van der Waals surface area contributed by atoms with Gasteiger partial charge in [0.05, 0.1) is 13.2 Å². The number of benzene rings is 1. The van der Waals surface area contributed by atoms with Crippen molar-refractivity contribution in [3.8, 4) is 5.75 Å². The van der Waals surface area contributed by atoms with Crippen molar-refractivity contribution in [1.29, 1.82) is 0 Å². The van der Waals surface area contributed by atoms with Gasteiger partial charge in [-0.2, -0.15) is 0 Å². The Morgan fingerprint density at radius 3 is 2.47 bits per heavy atom. The first kappa shape index (κ1) is 14.5. The lowest BCUT2D eigenvalue weighted by Crippen LogP contribution is -2.24. The molecule has 0 aliphatic carbocycles. The van der Waals surface area contributed by atoms with E-state index in [0.717, 1.165) is 15.8 Å². The van der Waals surface area contributed by atoms with Gasteiger partial charge in [-0.15, -0.1) is 0 Å². The van der Waals surface area contributed by atoms with Gasteiger partial charge in [-0.25, -0.2) is 0 Å². The molecule has 0 aromatic heterocycles. The van der Waals surface area contributed by atoms with Crippen LogP contribution in [0.5, 0.6) is 5.75 Å². The minimum Gasteiger partial charge on any atom is -0.497 e. The molecule has 0 aliphatic rings. The van der Waals surface area contributed by atoms with Crippen LogP contribution in [0, 0.1) is 11.8 Å². The highest BCUT2D eigenvalue weighted by molar-refractivity contribution is 9.10. The first-order chi connectivity index (χ1) is 7.95. The fourth-order valence-corrected chi connectivity index (χ4v) is 2.10. The lowest BCUT2D eigenvalue weighted by Gasteiger charge is -2.22. The van der Waals surface area contributed by atoms with Crippen molar-refractivity contribution < 1.29 is 9.84 Å². The maximum Gasteiger partial charge on any atom is 0.119 e. The zero-order valence-electron chi connectivity index (χ0n) is 10.9. The van der Waals surface area contributed by atoms with Crippen LogP contribution in [0.25, 0.3) is 0 Å². The molecule has 0 saturated heterocycles. The molecule has 0 spiro atoms. The topological polar surface area (TPSA) is 29.5 Å². The predicted molar refractivity (Wildman–Crippen MR) is 74.4 cm³/mol. The van der Waals surface area contributed by atoms with Gasteiger partial charge < -0.3 is 9.84 Å². The Labute approximate surface area is 112 Å². The lowest BCUT2D eigenvalue weighted by atomic mass is 9.89. The van der Waals surface area contributed by atoms with Crippen molar-refractivity contribution in [2.45, 2.75) is 33.3 Å². The van der Waals surface area contributed by atoms with E-state index < -0.39 is 0 Å². The highest BCUT2D eigenvalue weighted by atomic mass is 79.9. The molecule has 2 nitrogen and oxygen atoms in total. The molecule has 1 N–H and O–H groups in total. The smallest absolute Gasteiger partial charge is 0.119 e. The maximum absolute atomic E-state index is 10.2. The van der Waals surface area contributed by atoms with Gasteiger partial charge in [0.1, 0.15) is 5.75 Å². The lowest BCUT2D eigenvalue weighted by molar-refractivity contribution is 0.0920. The summed E-state index contributed by atoms with van der Waals surface area (Å²) in [7, 11) is 1.65. The quantitative estimate of drug-likeness (QED) is 0.899. The molecule has 0 saturated carbocycles. The van der Waals surface area contributed by atoms with Crippen molar-refractivity contribution in [2.24, 2.45) is 11.8 Å². The van der Waals surface area contributed by atoms with Crippen LogP contribution in [0.4, 0.5) is 0 Å². The summed E-state index contributed by atoms with van der Waals surface area (Å²) in [6.07, 6.45) is 0.329.